The molecule has 0 aliphatic carbocycles. The third-order valence-corrected chi connectivity index (χ3v) is 8.34. The predicted molar refractivity (Wildman–Crippen MR) is 160 cm³/mol. The lowest BCUT2D eigenvalue weighted by Crippen LogP contribution is -2.28. The highest BCUT2D eigenvalue weighted by molar-refractivity contribution is 5.97. The molecular formula is C30H31F6N9O2. The van der Waals surface area contributed by atoms with E-state index in [-0.39, 0.29) is 54.4 Å². The summed E-state index contributed by atoms with van der Waals surface area (Å²) in [6, 6.07) is 2.43. The Morgan fingerprint density at radius 2 is 1.87 bits per heavy atom. The standard InChI is InChI=1S/C23H19F5N8O2.C7H12FN/c1-9-15(23(26,27)28)12(6-13(29)32-9)17-16(25)18-14-20(35-22(34-18)37-2)36(3-4-38-21(14)33-17)8-10-5-11(24)7-31-19(10)30;8-6-4-7-2-1-3-9(7)5-6/h5-7H,3-4,8H2,1-2H3,(H2,29,32)(H2,30,31);6-7H,1-5H2. The fourth-order valence-electron chi connectivity index (χ4n) is 6.31. The van der Waals surface area contributed by atoms with Gasteiger partial charge in [0.15, 0.2) is 5.82 Å². The van der Waals surface area contributed by atoms with Crippen molar-refractivity contribution in [3.8, 4) is 23.1 Å². The van der Waals surface area contributed by atoms with Crippen LogP contribution in [0.2, 0.25) is 0 Å². The monoisotopic (exact) mass is 663 g/mol. The van der Waals surface area contributed by atoms with Gasteiger partial charge in [-0.1, -0.05) is 0 Å². The Bertz CT molecular complexity index is 1810. The highest BCUT2D eigenvalue weighted by atomic mass is 19.4. The van der Waals surface area contributed by atoms with Crippen LogP contribution in [-0.2, 0) is 12.7 Å². The summed E-state index contributed by atoms with van der Waals surface area (Å²) in [7, 11) is 1.25. The Morgan fingerprint density at radius 3 is 2.60 bits per heavy atom. The zero-order valence-corrected chi connectivity index (χ0v) is 25.4. The molecule has 4 N–H and O–H groups in total. The van der Waals surface area contributed by atoms with Gasteiger partial charge in [0, 0.05) is 30.3 Å². The summed E-state index contributed by atoms with van der Waals surface area (Å²) in [5.74, 6) is -2.09. The van der Waals surface area contributed by atoms with Gasteiger partial charge in [-0.2, -0.15) is 23.1 Å². The minimum absolute atomic E-state index is 0.00363. The molecule has 11 nitrogen and oxygen atoms in total. The molecule has 2 fully saturated rings. The number of nitrogens with zero attached hydrogens (tertiary/aromatic N) is 7. The zero-order chi connectivity index (χ0) is 33.6. The van der Waals surface area contributed by atoms with E-state index in [4.69, 9.17) is 20.9 Å². The largest absolute Gasteiger partial charge is 0.475 e. The van der Waals surface area contributed by atoms with Crippen LogP contribution in [0.15, 0.2) is 18.3 Å². The van der Waals surface area contributed by atoms with E-state index in [1.807, 2.05) is 0 Å². The maximum Gasteiger partial charge on any atom is 0.418 e. The summed E-state index contributed by atoms with van der Waals surface area (Å²) in [6.07, 6.45) is -1.11. The van der Waals surface area contributed by atoms with Gasteiger partial charge in [-0.3, -0.25) is 4.90 Å². The summed E-state index contributed by atoms with van der Waals surface area (Å²) >= 11 is 0. The molecule has 0 aromatic carbocycles. The van der Waals surface area contributed by atoms with E-state index in [0.29, 0.717) is 18.2 Å². The average molecular weight is 664 g/mol. The Hall–Kier alpha value is -4.67. The molecule has 4 aromatic heterocycles. The summed E-state index contributed by atoms with van der Waals surface area (Å²) in [6.45, 7) is 3.08. The second-order valence-corrected chi connectivity index (χ2v) is 11.5. The van der Waals surface area contributed by atoms with E-state index >= 15 is 4.39 Å². The minimum atomic E-state index is -4.89. The number of fused-ring (bicyclic) bond motifs is 1. The Balaban J connectivity index is 0.000000366. The highest BCUT2D eigenvalue weighted by Gasteiger charge is 2.39. The van der Waals surface area contributed by atoms with Gasteiger partial charge in [-0.05, 0) is 44.9 Å². The summed E-state index contributed by atoms with van der Waals surface area (Å²) < 4.78 is 95.3. The number of ether oxygens (including phenoxy) is 2. The summed E-state index contributed by atoms with van der Waals surface area (Å²) in [5.41, 5.74) is 8.58. The van der Waals surface area contributed by atoms with Crippen molar-refractivity contribution in [2.24, 2.45) is 0 Å². The number of nitrogen functional groups attached to an aromatic ring is 2. The molecule has 4 aromatic rings. The molecule has 17 heteroatoms. The molecule has 250 valence electrons. The molecule has 2 unspecified atom stereocenters. The number of aryl methyl sites for hydroxylation is 1. The lowest BCUT2D eigenvalue weighted by molar-refractivity contribution is -0.137. The van der Waals surface area contributed by atoms with Gasteiger partial charge in [-0.15, -0.1) is 0 Å². The van der Waals surface area contributed by atoms with Crippen molar-refractivity contribution in [2.45, 2.75) is 51.1 Å². The first-order chi connectivity index (χ1) is 22.3. The number of rotatable bonds is 4. The molecule has 2 saturated heterocycles. The molecule has 0 radical (unpaired) electrons. The van der Waals surface area contributed by atoms with Gasteiger partial charge in [0.1, 0.15) is 52.6 Å². The van der Waals surface area contributed by atoms with Crippen molar-refractivity contribution in [3.63, 3.8) is 0 Å². The number of hydrogen-bond donors (Lipinski definition) is 2. The first kappa shape index (κ1) is 32.3. The second kappa shape index (κ2) is 12.5. The van der Waals surface area contributed by atoms with Gasteiger partial charge in [-0.25, -0.2) is 28.1 Å². The van der Waals surface area contributed by atoms with Crippen molar-refractivity contribution in [2.75, 3.05) is 49.7 Å². The van der Waals surface area contributed by atoms with E-state index < -0.39 is 52.0 Å². The van der Waals surface area contributed by atoms with Gasteiger partial charge < -0.3 is 25.8 Å². The fraction of sp³-hybridized carbons (Fsp3) is 0.433. The van der Waals surface area contributed by atoms with E-state index in [0.717, 1.165) is 32.2 Å². The van der Waals surface area contributed by atoms with E-state index in [1.165, 1.54) is 26.0 Å². The summed E-state index contributed by atoms with van der Waals surface area (Å²) in [4.78, 5) is 23.8. The van der Waals surface area contributed by atoms with Crippen LogP contribution in [0.1, 0.15) is 36.1 Å². The molecule has 0 spiro atoms. The van der Waals surface area contributed by atoms with Gasteiger partial charge in [0.05, 0.1) is 31.1 Å². The van der Waals surface area contributed by atoms with Crippen LogP contribution in [-0.4, -0.2) is 75.4 Å². The van der Waals surface area contributed by atoms with Crippen molar-refractivity contribution >= 4 is 28.4 Å². The molecule has 0 saturated carbocycles. The first-order valence-corrected chi connectivity index (χ1v) is 14.8. The zero-order valence-electron chi connectivity index (χ0n) is 25.4. The number of pyridine rings is 3. The minimum Gasteiger partial charge on any atom is -0.475 e. The van der Waals surface area contributed by atoms with Crippen LogP contribution in [0.3, 0.4) is 0 Å². The van der Waals surface area contributed by atoms with Crippen molar-refractivity contribution in [1.82, 2.24) is 29.8 Å². The molecule has 2 atom stereocenters. The van der Waals surface area contributed by atoms with Crippen molar-refractivity contribution < 1.29 is 35.8 Å². The Kier molecular flexibility index (Phi) is 8.59. The molecule has 7 heterocycles. The lowest BCUT2D eigenvalue weighted by Gasteiger charge is -2.23. The van der Waals surface area contributed by atoms with Crippen LogP contribution in [0.4, 0.5) is 43.8 Å². The number of halogens is 6. The normalized spacial score (nSPS) is 19.2. The second-order valence-electron chi connectivity index (χ2n) is 11.5. The smallest absolute Gasteiger partial charge is 0.418 e. The van der Waals surface area contributed by atoms with E-state index in [2.05, 4.69) is 29.8 Å². The van der Waals surface area contributed by atoms with Crippen molar-refractivity contribution in [1.29, 1.82) is 0 Å². The predicted octanol–water partition coefficient (Wildman–Crippen LogP) is 4.85. The number of aromatic nitrogens is 5. The first-order valence-electron chi connectivity index (χ1n) is 14.8. The SMILES string of the molecule is COc1nc2c3c(nc(-c4cc(N)nc(C)c4C(F)(F)F)c(F)c3n1)OCCN2Cc1cc(F)cnc1N.FC1CC2CCCN2C1. The van der Waals surface area contributed by atoms with Crippen LogP contribution >= 0.6 is 0 Å². The topological polar surface area (TPSA) is 141 Å². The molecule has 0 amide bonds. The van der Waals surface area contributed by atoms with Gasteiger partial charge >= 0.3 is 12.2 Å². The van der Waals surface area contributed by atoms with Crippen LogP contribution in [0.25, 0.3) is 22.2 Å². The summed E-state index contributed by atoms with van der Waals surface area (Å²) in [5, 5.41) is -0.0141. The van der Waals surface area contributed by atoms with Crippen LogP contribution in [0, 0.1) is 18.6 Å². The molecule has 0 bridgehead atoms. The van der Waals surface area contributed by atoms with Crippen molar-refractivity contribution in [3.05, 3.63) is 46.8 Å². The Labute approximate surface area is 264 Å². The number of alkyl halides is 4. The lowest BCUT2D eigenvalue weighted by atomic mass is 10.0. The van der Waals surface area contributed by atoms with E-state index in [1.54, 1.807) is 4.90 Å². The number of methoxy groups -OCH3 is 1. The quantitative estimate of drug-likeness (QED) is 0.290. The molecule has 7 rings (SSSR count). The maximum absolute atomic E-state index is 16.0. The van der Waals surface area contributed by atoms with Gasteiger partial charge in [0.25, 0.3) is 0 Å². The maximum atomic E-state index is 16.0. The average Bonchev–Trinajstić information content (AvgIpc) is 3.54. The third kappa shape index (κ3) is 6.35. The molecular weight excluding hydrogens is 632 g/mol. The molecule has 3 aliphatic rings. The Morgan fingerprint density at radius 1 is 1.09 bits per heavy atom. The fourth-order valence-corrected chi connectivity index (χ4v) is 6.31. The molecule has 3 aliphatic heterocycles. The molecule has 47 heavy (non-hydrogen) atoms. The van der Waals surface area contributed by atoms with Gasteiger partial charge in [0.2, 0.25) is 5.88 Å². The third-order valence-electron chi connectivity index (χ3n) is 8.34. The number of nitrogens with two attached hydrogens (primary N) is 2. The highest BCUT2D eigenvalue weighted by Crippen LogP contribution is 2.44. The number of hydrogen-bond acceptors (Lipinski definition) is 11. The number of anilines is 3. The van der Waals surface area contributed by atoms with E-state index in [9.17, 15) is 22.0 Å². The van der Waals surface area contributed by atoms with Crippen LogP contribution < -0.4 is 25.8 Å². The van der Waals surface area contributed by atoms with Crippen LogP contribution in [0.5, 0.6) is 11.9 Å².